The van der Waals surface area contributed by atoms with Gasteiger partial charge in [-0.3, -0.25) is 19.5 Å². The average molecular weight is 529 g/mol. The van der Waals surface area contributed by atoms with Gasteiger partial charge < -0.3 is 21.1 Å². The number of primary amides is 1. The van der Waals surface area contributed by atoms with Gasteiger partial charge in [0, 0.05) is 36.3 Å². The molecule has 2 amide bonds. The molecular formula is C25H26ClFN6O4. The molecule has 1 aromatic heterocycles. The van der Waals surface area contributed by atoms with Crippen molar-refractivity contribution in [3.63, 3.8) is 0 Å². The van der Waals surface area contributed by atoms with Crippen molar-refractivity contribution in [2.45, 2.75) is 18.9 Å². The third-order valence-corrected chi connectivity index (χ3v) is 6.66. The number of aliphatic carboxylic acids is 1. The van der Waals surface area contributed by atoms with Crippen molar-refractivity contribution in [3.05, 3.63) is 70.8 Å². The van der Waals surface area contributed by atoms with Crippen molar-refractivity contribution in [1.82, 2.24) is 25.6 Å². The number of benzene rings is 2. The fraction of sp³-hybridized carbons (Fsp3) is 0.320. The van der Waals surface area contributed by atoms with E-state index >= 15 is 0 Å². The maximum absolute atomic E-state index is 14.3. The number of carboxylic acid groups (broad SMARTS) is 1. The van der Waals surface area contributed by atoms with Crippen LogP contribution in [-0.2, 0) is 16.0 Å². The Labute approximate surface area is 217 Å². The average Bonchev–Trinajstić information content (AvgIpc) is 3.37. The molecule has 2 aromatic carbocycles. The second-order valence-electron chi connectivity index (χ2n) is 9.15. The molecule has 0 unspecified atom stereocenters. The first-order valence-corrected chi connectivity index (χ1v) is 12.0. The number of nitrogens with zero attached hydrogens (tertiary/aromatic N) is 3. The molecular weight excluding hydrogens is 503 g/mol. The summed E-state index contributed by atoms with van der Waals surface area (Å²) in [4.78, 5) is 37.9. The van der Waals surface area contributed by atoms with E-state index in [1.54, 1.807) is 30.3 Å². The number of hydrogen-bond acceptors (Lipinski definition) is 6. The summed E-state index contributed by atoms with van der Waals surface area (Å²) in [7, 11) is 0. The standard InChI is InChI=1S/C25H26ClFN6O4/c26-18-5-6-21(27)20(9-18)15-3-1-14(2-4-15)7-19(30-24(35)22-10-29-32-31-22)8-16(25(36)37)11-33-12-17(13-33)23(28)34/h1-6,9-10,16-17,19H,7-8,11-13H2,(H2,28,34)(H,30,35)(H,36,37)(H,29,31,32)/t16-,19+/m0/s1. The van der Waals surface area contributed by atoms with Crippen LogP contribution < -0.4 is 11.1 Å². The van der Waals surface area contributed by atoms with E-state index in [0.717, 1.165) is 5.56 Å². The van der Waals surface area contributed by atoms with E-state index in [4.69, 9.17) is 17.3 Å². The molecule has 5 N–H and O–H groups in total. The molecule has 0 spiro atoms. The van der Waals surface area contributed by atoms with Crippen molar-refractivity contribution in [2.75, 3.05) is 19.6 Å². The van der Waals surface area contributed by atoms with Crippen molar-refractivity contribution in [1.29, 1.82) is 0 Å². The van der Waals surface area contributed by atoms with Gasteiger partial charge in [0.05, 0.1) is 18.0 Å². The van der Waals surface area contributed by atoms with Crippen molar-refractivity contribution in [3.8, 4) is 11.1 Å². The van der Waals surface area contributed by atoms with Crippen molar-refractivity contribution >= 4 is 29.4 Å². The van der Waals surface area contributed by atoms with Crippen LogP contribution in [0.25, 0.3) is 11.1 Å². The smallest absolute Gasteiger partial charge is 0.307 e. The minimum absolute atomic E-state index is 0.144. The summed E-state index contributed by atoms with van der Waals surface area (Å²) in [6, 6.07) is 10.9. The molecule has 0 aliphatic carbocycles. The molecule has 1 aliphatic rings. The number of carbonyl (C=O) groups excluding carboxylic acids is 2. The monoisotopic (exact) mass is 528 g/mol. The highest BCUT2D eigenvalue weighted by atomic mass is 35.5. The van der Waals surface area contributed by atoms with E-state index in [1.165, 1.54) is 18.3 Å². The van der Waals surface area contributed by atoms with Gasteiger partial charge >= 0.3 is 5.97 Å². The number of nitrogens with one attached hydrogen (secondary N) is 2. The second-order valence-corrected chi connectivity index (χ2v) is 9.59. The Kier molecular flexibility index (Phi) is 8.14. The van der Waals surface area contributed by atoms with Gasteiger partial charge in [-0.1, -0.05) is 41.1 Å². The van der Waals surface area contributed by atoms with Gasteiger partial charge in [-0.25, -0.2) is 4.39 Å². The minimum atomic E-state index is -1.00. The number of carboxylic acids is 1. The molecule has 3 aromatic rings. The summed E-state index contributed by atoms with van der Waals surface area (Å²) in [5, 5.41) is 22.8. The summed E-state index contributed by atoms with van der Waals surface area (Å²) in [6.07, 6.45) is 1.75. The first-order chi connectivity index (χ1) is 17.7. The third kappa shape index (κ3) is 6.69. The van der Waals surface area contributed by atoms with Crippen LogP contribution >= 0.6 is 11.6 Å². The number of hydrogen-bond donors (Lipinski definition) is 4. The fourth-order valence-corrected chi connectivity index (χ4v) is 4.57. The van der Waals surface area contributed by atoms with E-state index in [2.05, 4.69) is 20.7 Å². The lowest BCUT2D eigenvalue weighted by molar-refractivity contribution is -0.143. The lowest BCUT2D eigenvalue weighted by Gasteiger charge is -2.39. The highest BCUT2D eigenvalue weighted by molar-refractivity contribution is 6.30. The largest absolute Gasteiger partial charge is 0.481 e. The van der Waals surface area contributed by atoms with Crippen molar-refractivity contribution < 1.29 is 23.9 Å². The Morgan fingerprint density at radius 2 is 1.95 bits per heavy atom. The zero-order valence-corrected chi connectivity index (χ0v) is 20.5. The zero-order chi connectivity index (χ0) is 26.5. The van der Waals surface area contributed by atoms with Gasteiger partial charge in [-0.05, 0) is 42.2 Å². The molecule has 0 bridgehead atoms. The Bertz CT molecular complexity index is 1260. The molecule has 0 radical (unpaired) electrons. The number of aromatic nitrogens is 3. The molecule has 2 atom stereocenters. The van der Waals surface area contributed by atoms with Crippen LogP contribution in [0, 0.1) is 17.7 Å². The van der Waals surface area contributed by atoms with Crippen LogP contribution in [0.5, 0.6) is 0 Å². The van der Waals surface area contributed by atoms with Crippen LogP contribution in [0.3, 0.4) is 0 Å². The summed E-state index contributed by atoms with van der Waals surface area (Å²) >= 11 is 6.01. The molecule has 12 heteroatoms. The predicted octanol–water partition coefficient (Wildman–Crippen LogP) is 2.11. The number of likely N-dealkylation sites (tertiary alicyclic amines) is 1. The number of carbonyl (C=O) groups is 3. The van der Waals surface area contributed by atoms with E-state index < -0.39 is 35.6 Å². The normalized spacial score (nSPS) is 15.5. The van der Waals surface area contributed by atoms with E-state index in [1.807, 2.05) is 4.90 Å². The third-order valence-electron chi connectivity index (χ3n) is 6.43. The molecule has 0 saturated carbocycles. The molecule has 4 rings (SSSR count). The Morgan fingerprint density at radius 3 is 2.57 bits per heavy atom. The molecule has 1 saturated heterocycles. The van der Waals surface area contributed by atoms with Gasteiger partial charge in [0.15, 0.2) is 0 Å². The Morgan fingerprint density at radius 1 is 1.22 bits per heavy atom. The topological polar surface area (TPSA) is 154 Å². The van der Waals surface area contributed by atoms with Gasteiger partial charge in [0.1, 0.15) is 11.5 Å². The molecule has 1 aliphatic heterocycles. The van der Waals surface area contributed by atoms with Crippen LogP contribution in [0.1, 0.15) is 22.5 Å². The van der Waals surface area contributed by atoms with Crippen LogP contribution in [0.15, 0.2) is 48.7 Å². The first kappa shape index (κ1) is 26.2. The Hall–Kier alpha value is -3.83. The molecule has 37 heavy (non-hydrogen) atoms. The highest BCUT2D eigenvalue weighted by Crippen LogP contribution is 2.27. The zero-order valence-electron chi connectivity index (χ0n) is 19.7. The number of nitrogens with two attached hydrogens (primary N) is 1. The van der Waals surface area contributed by atoms with E-state index in [0.29, 0.717) is 35.7 Å². The Balaban J connectivity index is 1.49. The van der Waals surface area contributed by atoms with Crippen LogP contribution in [0.4, 0.5) is 4.39 Å². The van der Waals surface area contributed by atoms with E-state index in [9.17, 15) is 23.9 Å². The van der Waals surface area contributed by atoms with Gasteiger partial charge in [-0.15, -0.1) is 5.10 Å². The number of rotatable bonds is 11. The second kappa shape index (κ2) is 11.5. The van der Waals surface area contributed by atoms with Crippen LogP contribution in [0.2, 0.25) is 5.02 Å². The van der Waals surface area contributed by atoms with Gasteiger partial charge in [-0.2, -0.15) is 0 Å². The number of H-pyrrole nitrogens is 1. The molecule has 10 nitrogen and oxygen atoms in total. The SMILES string of the molecule is NC(=O)C1CN(C[C@H](C[C@@H](Cc2ccc(-c3cc(Cl)ccc3F)cc2)NC(=O)c2cnn[nH]2)C(=O)O)C1. The molecule has 2 heterocycles. The summed E-state index contributed by atoms with van der Waals surface area (Å²) in [6.45, 7) is 1.05. The maximum Gasteiger partial charge on any atom is 0.307 e. The maximum atomic E-state index is 14.3. The van der Waals surface area contributed by atoms with E-state index in [-0.39, 0.29) is 24.6 Å². The number of halogens is 2. The summed E-state index contributed by atoms with van der Waals surface area (Å²) in [5.74, 6) is -3.34. The first-order valence-electron chi connectivity index (χ1n) is 11.7. The predicted molar refractivity (Wildman–Crippen MR) is 133 cm³/mol. The summed E-state index contributed by atoms with van der Waals surface area (Å²) < 4.78 is 14.3. The quantitative estimate of drug-likeness (QED) is 0.297. The van der Waals surface area contributed by atoms with Gasteiger partial charge in [0.2, 0.25) is 5.91 Å². The van der Waals surface area contributed by atoms with Gasteiger partial charge in [0.25, 0.3) is 5.91 Å². The minimum Gasteiger partial charge on any atom is -0.481 e. The number of amides is 2. The summed E-state index contributed by atoms with van der Waals surface area (Å²) in [5.41, 5.74) is 7.28. The molecule has 1 fully saturated rings. The fourth-order valence-electron chi connectivity index (χ4n) is 4.40. The molecule has 194 valence electrons. The van der Waals surface area contributed by atoms with Crippen LogP contribution in [-0.4, -0.2) is 68.9 Å². The highest BCUT2D eigenvalue weighted by Gasteiger charge is 2.35. The van der Waals surface area contributed by atoms with Crippen molar-refractivity contribution in [2.24, 2.45) is 17.6 Å². The lowest BCUT2D eigenvalue weighted by atomic mass is 9.91. The number of aromatic amines is 1. The lowest BCUT2D eigenvalue weighted by Crippen LogP contribution is -2.54.